The molecule has 0 spiro atoms. The largest absolute Gasteiger partial charge is 0.427 e. The molecule has 0 radical (unpaired) electrons. The zero-order valence-corrected chi connectivity index (χ0v) is 13.4. The van der Waals surface area contributed by atoms with Crippen LogP contribution in [0.5, 0.6) is 5.75 Å². The third-order valence-electron chi connectivity index (χ3n) is 2.46. The molecule has 1 aromatic heterocycles. The van der Waals surface area contributed by atoms with Crippen LogP contribution >= 0.6 is 11.3 Å². The minimum absolute atomic E-state index is 0.139. The lowest BCUT2D eigenvalue weighted by molar-refractivity contribution is -0.131. The van der Waals surface area contributed by atoms with E-state index in [-0.39, 0.29) is 16.4 Å². The molecule has 7 nitrogen and oxygen atoms in total. The van der Waals surface area contributed by atoms with Crippen LogP contribution in [0.4, 0.5) is 0 Å². The normalized spacial score (nSPS) is 11.6. The van der Waals surface area contributed by atoms with Gasteiger partial charge in [0.1, 0.15) is 16.7 Å². The van der Waals surface area contributed by atoms with Crippen molar-refractivity contribution in [3.05, 3.63) is 46.7 Å². The van der Waals surface area contributed by atoms with Crippen LogP contribution in [0.15, 0.2) is 51.8 Å². The molecule has 0 aliphatic heterocycles. The molecule has 0 fully saturated rings. The number of ether oxygens (including phenoxy) is 1. The van der Waals surface area contributed by atoms with E-state index in [0.717, 1.165) is 0 Å². The zero-order valence-electron chi connectivity index (χ0n) is 11.8. The van der Waals surface area contributed by atoms with Gasteiger partial charge < -0.3 is 4.74 Å². The van der Waals surface area contributed by atoms with E-state index in [1.165, 1.54) is 42.5 Å². The number of carbonyl (C=O) groups is 1. The monoisotopic (exact) mass is 350 g/mol. The van der Waals surface area contributed by atoms with E-state index in [1.807, 2.05) is 0 Å². The number of carbonyl (C=O) groups excluding carboxylic acids is 1. The minimum Gasteiger partial charge on any atom is -0.427 e. The van der Waals surface area contributed by atoms with E-state index < -0.39 is 16.1 Å². The minimum atomic E-state index is -4.18. The molecule has 0 amide bonds. The molecule has 1 heterocycles. The molecule has 1 aromatic carbocycles. The van der Waals surface area contributed by atoms with Crippen molar-refractivity contribution in [2.75, 3.05) is 0 Å². The fourth-order valence-corrected chi connectivity index (χ4v) is 2.89. The van der Waals surface area contributed by atoms with Crippen LogP contribution in [0.2, 0.25) is 0 Å². The van der Waals surface area contributed by atoms with Crippen molar-refractivity contribution in [2.45, 2.75) is 11.8 Å². The van der Waals surface area contributed by atoms with Crippen LogP contribution in [0, 0.1) is 11.3 Å². The molecular formula is C14H10N2O5S2. The van der Waals surface area contributed by atoms with Gasteiger partial charge >= 0.3 is 16.1 Å². The Balaban J connectivity index is 2.19. The van der Waals surface area contributed by atoms with Crippen LogP contribution in [0.25, 0.3) is 0 Å². The second-order valence-corrected chi connectivity index (χ2v) is 6.60. The molecule has 0 saturated carbocycles. The molecule has 0 atom stereocenters. The average Bonchev–Trinajstić information content (AvgIpc) is 3.02. The SMILES string of the molecule is CC(=O)Oc1ccc(S(=O)(=O)ON=C(C#N)c2cccs2)cc1. The fourth-order valence-electron chi connectivity index (χ4n) is 1.50. The maximum absolute atomic E-state index is 12.0. The van der Waals surface area contributed by atoms with Gasteiger partial charge in [-0.3, -0.25) is 9.08 Å². The van der Waals surface area contributed by atoms with Gasteiger partial charge in [0.2, 0.25) is 0 Å². The third kappa shape index (κ3) is 4.38. The van der Waals surface area contributed by atoms with E-state index >= 15 is 0 Å². The van der Waals surface area contributed by atoms with E-state index in [0.29, 0.717) is 4.88 Å². The highest BCUT2D eigenvalue weighted by Crippen LogP contribution is 2.19. The highest BCUT2D eigenvalue weighted by Gasteiger charge is 2.17. The van der Waals surface area contributed by atoms with Crippen molar-refractivity contribution < 1.29 is 22.2 Å². The van der Waals surface area contributed by atoms with Crippen LogP contribution in [-0.2, 0) is 19.2 Å². The van der Waals surface area contributed by atoms with Gasteiger partial charge in [-0.2, -0.15) is 13.7 Å². The Labute approximate surface area is 136 Å². The predicted octanol–water partition coefficient (Wildman–Crippen LogP) is 2.31. The fraction of sp³-hybridized carbons (Fsp3) is 0.0714. The Hall–Kier alpha value is -2.70. The van der Waals surface area contributed by atoms with E-state index in [9.17, 15) is 13.2 Å². The van der Waals surface area contributed by atoms with Crippen molar-refractivity contribution in [1.29, 1.82) is 5.26 Å². The van der Waals surface area contributed by atoms with Gasteiger partial charge in [0.25, 0.3) is 0 Å². The van der Waals surface area contributed by atoms with E-state index in [2.05, 4.69) is 9.44 Å². The van der Waals surface area contributed by atoms with Crippen LogP contribution in [0.3, 0.4) is 0 Å². The Morgan fingerprint density at radius 1 is 1.26 bits per heavy atom. The van der Waals surface area contributed by atoms with Gasteiger partial charge in [-0.05, 0) is 35.7 Å². The molecule has 0 aliphatic rings. The second kappa shape index (κ2) is 7.04. The van der Waals surface area contributed by atoms with Gasteiger partial charge in [-0.1, -0.05) is 11.2 Å². The standard InChI is InChI=1S/C14H10N2O5S2/c1-10(17)20-11-4-6-12(7-5-11)23(18,19)21-16-13(9-15)14-3-2-8-22-14/h2-8H,1H3. The first-order valence-electron chi connectivity index (χ1n) is 6.16. The number of nitrogens with zero attached hydrogens (tertiary/aromatic N) is 2. The summed E-state index contributed by atoms with van der Waals surface area (Å²) in [5, 5.41) is 14.1. The molecule has 0 saturated heterocycles. The highest BCUT2D eigenvalue weighted by molar-refractivity contribution is 7.86. The topological polar surface area (TPSA) is 106 Å². The maximum Gasteiger partial charge on any atom is 0.358 e. The van der Waals surface area contributed by atoms with Gasteiger partial charge in [0.15, 0.2) is 5.71 Å². The van der Waals surface area contributed by atoms with Crippen molar-refractivity contribution >= 4 is 33.1 Å². The first-order valence-corrected chi connectivity index (χ1v) is 8.45. The molecule has 118 valence electrons. The van der Waals surface area contributed by atoms with Crippen LogP contribution < -0.4 is 4.74 Å². The molecule has 2 aromatic rings. The number of oxime groups is 1. The van der Waals surface area contributed by atoms with Crippen molar-refractivity contribution in [1.82, 2.24) is 0 Å². The molecule has 9 heteroatoms. The molecule has 23 heavy (non-hydrogen) atoms. The first-order chi connectivity index (χ1) is 10.9. The zero-order chi connectivity index (χ0) is 16.9. The van der Waals surface area contributed by atoms with Crippen molar-refractivity contribution in [3.63, 3.8) is 0 Å². The summed E-state index contributed by atoms with van der Waals surface area (Å²) >= 11 is 1.23. The molecule has 0 bridgehead atoms. The number of thiophene rings is 1. The Kier molecular flexibility index (Phi) is 5.10. The lowest BCUT2D eigenvalue weighted by atomic mass is 10.3. The number of hydrogen-bond acceptors (Lipinski definition) is 8. The van der Waals surface area contributed by atoms with E-state index in [4.69, 9.17) is 10.00 Å². The van der Waals surface area contributed by atoms with Gasteiger partial charge in [-0.25, -0.2) is 0 Å². The summed E-state index contributed by atoms with van der Waals surface area (Å²) in [5.74, 6) is -0.313. The Morgan fingerprint density at radius 2 is 1.96 bits per heavy atom. The summed E-state index contributed by atoms with van der Waals surface area (Å²) < 4.78 is 33.4. The lowest BCUT2D eigenvalue weighted by Crippen LogP contribution is -2.06. The number of nitriles is 1. The van der Waals surface area contributed by atoms with Gasteiger partial charge in [0, 0.05) is 6.92 Å². The van der Waals surface area contributed by atoms with Gasteiger partial charge in [-0.15, -0.1) is 11.3 Å². The second-order valence-electron chi connectivity index (χ2n) is 4.12. The number of benzene rings is 1. The maximum atomic E-state index is 12.0. The molecule has 0 aliphatic carbocycles. The van der Waals surface area contributed by atoms with E-state index in [1.54, 1.807) is 23.6 Å². The van der Waals surface area contributed by atoms with Crippen LogP contribution in [0.1, 0.15) is 11.8 Å². The lowest BCUT2D eigenvalue weighted by Gasteiger charge is -2.04. The average molecular weight is 350 g/mol. The number of esters is 1. The van der Waals surface area contributed by atoms with Gasteiger partial charge in [0.05, 0.1) is 4.88 Å². The summed E-state index contributed by atoms with van der Waals surface area (Å²) in [6.45, 7) is 1.23. The van der Waals surface area contributed by atoms with Crippen molar-refractivity contribution in [2.24, 2.45) is 5.16 Å². The molecule has 0 unspecified atom stereocenters. The first kappa shape index (κ1) is 16.7. The quantitative estimate of drug-likeness (QED) is 0.354. The smallest absolute Gasteiger partial charge is 0.358 e. The molecule has 0 N–H and O–H groups in total. The predicted molar refractivity (Wildman–Crippen MR) is 82.5 cm³/mol. The number of hydrogen-bond donors (Lipinski definition) is 0. The summed E-state index contributed by atoms with van der Waals surface area (Å²) in [5.41, 5.74) is -0.139. The summed E-state index contributed by atoms with van der Waals surface area (Å²) in [6, 6.07) is 10.1. The third-order valence-corrected chi connectivity index (χ3v) is 4.46. The number of rotatable bonds is 5. The van der Waals surface area contributed by atoms with Crippen LogP contribution in [-0.4, -0.2) is 20.1 Å². The summed E-state index contributed by atoms with van der Waals surface area (Å²) in [4.78, 5) is 11.1. The Bertz CT molecular complexity index is 863. The molecular weight excluding hydrogens is 340 g/mol. The summed E-state index contributed by atoms with van der Waals surface area (Å²) in [7, 11) is -4.18. The summed E-state index contributed by atoms with van der Waals surface area (Å²) in [6.07, 6.45) is 0. The Morgan fingerprint density at radius 3 is 2.48 bits per heavy atom. The highest BCUT2D eigenvalue weighted by atomic mass is 32.2. The van der Waals surface area contributed by atoms with Crippen molar-refractivity contribution in [3.8, 4) is 11.8 Å². The molecule has 2 rings (SSSR count).